The van der Waals surface area contributed by atoms with E-state index in [4.69, 9.17) is 14.2 Å². The molecule has 0 aromatic heterocycles. The molecule has 11 nitrogen and oxygen atoms in total. The maximum absolute atomic E-state index is 12.7. The second-order valence-corrected chi connectivity index (χ2v) is 6.85. The lowest BCUT2D eigenvalue weighted by molar-refractivity contribution is -0.146. The Hall–Kier alpha value is -3.63. The molecule has 0 radical (unpaired) electrons. The quantitative estimate of drug-likeness (QED) is 0.273. The van der Waals surface area contributed by atoms with Crippen LogP contribution in [0.3, 0.4) is 0 Å². The molecule has 2 amide bonds. The van der Waals surface area contributed by atoms with Crippen LogP contribution < -0.4 is 10.6 Å². The summed E-state index contributed by atoms with van der Waals surface area (Å²) in [4.78, 5) is 59.6. The molecule has 0 saturated heterocycles. The molecule has 1 aromatic carbocycles. The molecule has 1 rings (SSSR count). The van der Waals surface area contributed by atoms with Crippen LogP contribution in [0.1, 0.15) is 45.1 Å². The Morgan fingerprint density at radius 3 is 1.88 bits per heavy atom. The maximum atomic E-state index is 12.7. The fraction of sp³-hybridized carbons (Fsp3) is 0.500. The van der Waals surface area contributed by atoms with Gasteiger partial charge in [-0.1, -0.05) is 30.3 Å². The summed E-state index contributed by atoms with van der Waals surface area (Å²) in [6.07, 6.45) is -1.67. The average Bonchev–Trinajstić information content (AvgIpc) is 2.78. The minimum absolute atomic E-state index is 0.0455. The molecule has 0 aliphatic carbocycles. The smallest absolute Gasteiger partial charge is 0.408 e. The molecule has 33 heavy (non-hydrogen) atoms. The number of rotatable bonds is 14. The van der Waals surface area contributed by atoms with Crippen molar-refractivity contribution in [1.29, 1.82) is 0 Å². The van der Waals surface area contributed by atoms with Crippen LogP contribution in [0.4, 0.5) is 4.79 Å². The molecule has 0 unspecified atom stereocenters. The lowest BCUT2D eigenvalue weighted by atomic mass is 10.1. The molecule has 182 valence electrons. The number of carboxylic acid groups (broad SMARTS) is 1. The Kier molecular flexibility index (Phi) is 12.6. The normalized spacial score (nSPS) is 12.1. The summed E-state index contributed by atoms with van der Waals surface area (Å²) in [5.74, 6) is -3.37. The molecular weight excluding hydrogens is 436 g/mol. The van der Waals surface area contributed by atoms with E-state index in [0.717, 1.165) is 5.56 Å². The van der Waals surface area contributed by atoms with Crippen molar-refractivity contribution in [2.45, 2.75) is 58.2 Å². The minimum Gasteiger partial charge on any atom is -0.480 e. The molecule has 1 aromatic rings. The number of hydrogen-bond donors (Lipinski definition) is 3. The van der Waals surface area contributed by atoms with Crippen LogP contribution in [0.2, 0.25) is 0 Å². The largest absolute Gasteiger partial charge is 0.480 e. The van der Waals surface area contributed by atoms with Gasteiger partial charge in [-0.05, 0) is 32.3 Å². The summed E-state index contributed by atoms with van der Waals surface area (Å²) in [5, 5.41) is 14.0. The molecule has 0 fully saturated rings. The van der Waals surface area contributed by atoms with Gasteiger partial charge in [0.15, 0.2) is 0 Å². The van der Waals surface area contributed by atoms with Gasteiger partial charge in [0.25, 0.3) is 0 Å². The fourth-order valence-electron chi connectivity index (χ4n) is 2.70. The fourth-order valence-corrected chi connectivity index (χ4v) is 2.70. The Balaban J connectivity index is 2.76. The maximum Gasteiger partial charge on any atom is 0.408 e. The average molecular weight is 466 g/mol. The van der Waals surface area contributed by atoms with Gasteiger partial charge in [0.05, 0.1) is 13.2 Å². The summed E-state index contributed by atoms with van der Waals surface area (Å²) in [6, 6.07) is 6.19. The monoisotopic (exact) mass is 466 g/mol. The van der Waals surface area contributed by atoms with Crippen LogP contribution in [0.5, 0.6) is 0 Å². The molecule has 2 atom stereocenters. The molecular formula is C22H30N2O9. The van der Waals surface area contributed by atoms with Crippen LogP contribution in [-0.2, 0) is 40.0 Å². The highest BCUT2D eigenvalue weighted by Gasteiger charge is 2.28. The van der Waals surface area contributed by atoms with Crippen LogP contribution in [0.25, 0.3) is 0 Å². The lowest BCUT2D eigenvalue weighted by Gasteiger charge is -2.21. The van der Waals surface area contributed by atoms with Crippen molar-refractivity contribution in [2.24, 2.45) is 0 Å². The number of esters is 2. The van der Waals surface area contributed by atoms with Gasteiger partial charge in [0, 0.05) is 12.8 Å². The number of carboxylic acids is 1. The highest BCUT2D eigenvalue weighted by atomic mass is 16.5. The SMILES string of the molecule is CCOC(=O)CC[C@H](NC(=O)OCc1ccccc1)C(=O)N[C@H](CCC(=O)OCC)C(=O)O. The molecule has 0 heterocycles. The van der Waals surface area contributed by atoms with E-state index in [2.05, 4.69) is 10.6 Å². The number of nitrogens with one attached hydrogen (secondary N) is 2. The highest BCUT2D eigenvalue weighted by Crippen LogP contribution is 2.06. The summed E-state index contributed by atoms with van der Waals surface area (Å²) < 4.78 is 14.7. The van der Waals surface area contributed by atoms with Gasteiger partial charge in [0.1, 0.15) is 18.7 Å². The molecule has 11 heteroatoms. The van der Waals surface area contributed by atoms with E-state index in [1.54, 1.807) is 44.2 Å². The number of hydrogen-bond acceptors (Lipinski definition) is 8. The Morgan fingerprint density at radius 1 is 0.818 bits per heavy atom. The first-order chi connectivity index (χ1) is 15.8. The molecule has 0 spiro atoms. The number of benzene rings is 1. The van der Waals surface area contributed by atoms with E-state index < -0.39 is 42.0 Å². The molecule has 0 bridgehead atoms. The van der Waals surface area contributed by atoms with Crippen molar-refractivity contribution in [3.05, 3.63) is 35.9 Å². The number of amides is 2. The second-order valence-electron chi connectivity index (χ2n) is 6.85. The van der Waals surface area contributed by atoms with Gasteiger partial charge in [-0.15, -0.1) is 0 Å². The van der Waals surface area contributed by atoms with E-state index in [1.165, 1.54) is 0 Å². The van der Waals surface area contributed by atoms with Crippen LogP contribution in [0.15, 0.2) is 30.3 Å². The van der Waals surface area contributed by atoms with Crippen LogP contribution >= 0.6 is 0 Å². The van der Waals surface area contributed by atoms with E-state index in [9.17, 15) is 29.1 Å². The third kappa shape index (κ3) is 11.5. The molecule has 0 saturated carbocycles. The van der Waals surface area contributed by atoms with Crippen molar-refractivity contribution in [1.82, 2.24) is 10.6 Å². The number of ether oxygens (including phenoxy) is 3. The minimum atomic E-state index is -1.39. The number of carbonyl (C=O) groups excluding carboxylic acids is 4. The van der Waals surface area contributed by atoms with Gasteiger partial charge in [-0.2, -0.15) is 0 Å². The van der Waals surface area contributed by atoms with Crippen LogP contribution in [0, 0.1) is 0 Å². The van der Waals surface area contributed by atoms with Crippen molar-refractivity contribution >= 4 is 29.9 Å². The zero-order valence-electron chi connectivity index (χ0n) is 18.7. The van der Waals surface area contributed by atoms with Crippen molar-refractivity contribution in [3.8, 4) is 0 Å². The van der Waals surface area contributed by atoms with Crippen molar-refractivity contribution in [3.63, 3.8) is 0 Å². The van der Waals surface area contributed by atoms with Gasteiger partial charge >= 0.3 is 24.0 Å². The first-order valence-electron chi connectivity index (χ1n) is 10.6. The molecule has 3 N–H and O–H groups in total. The third-order valence-electron chi connectivity index (χ3n) is 4.32. The first kappa shape index (κ1) is 27.4. The van der Waals surface area contributed by atoms with Crippen LogP contribution in [-0.4, -0.2) is 60.3 Å². The van der Waals surface area contributed by atoms with E-state index in [-0.39, 0.29) is 45.5 Å². The Bertz CT molecular complexity index is 798. The van der Waals surface area contributed by atoms with Gasteiger partial charge in [-0.25, -0.2) is 9.59 Å². The number of alkyl carbamates (subject to hydrolysis) is 1. The number of carbonyl (C=O) groups is 5. The first-order valence-corrected chi connectivity index (χ1v) is 10.6. The summed E-state index contributed by atoms with van der Waals surface area (Å²) in [6.45, 7) is 3.49. The topological polar surface area (TPSA) is 157 Å². The zero-order chi connectivity index (χ0) is 24.6. The molecule has 0 aliphatic heterocycles. The van der Waals surface area contributed by atoms with E-state index >= 15 is 0 Å². The number of aliphatic carboxylic acids is 1. The zero-order valence-corrected chi connectivity index (χ0v) is 18.7. The molecule has 0 aliphatic rings. The predicted molar refractivity (Wildman–Crippen MR) is 115 cm³/mol. The predicted octanol–water partition coefficient (Wildman–Crippen LogP) is 1.54. The Morgan fingerprint density at radius 2 is 1.36 bits per heavy atom. The van der Waals surface area contributed by atoms with Crippen molar-refractivity contribution < 1.29 is 43.3 Å². The summed E-state index contributed by atoms with van der Waals surface area (Å²) in [7, 11) is 0. The van der Waals surface area contributed by atoms with E-state index in [0.29, 0.717) is 0 Å². The summed E-state index contributed by atoms with van der Waals surface area (Å²) in [5.41, 5.74) is 0.727. The Labute approximate surface area is 191 Å². The third-order valence-corrected chi connectivity index (χ3v) is 4.32. The van der Waals surface area contributed by atoms with Gasteiger partial charge in [-0.3, -0.25) is 14.4 Å². The van der Waals surface area contributed by atoms with Crippen molar-refractivity contribution in [2.75, 3.05) is 13.2 Å². The second kappa shape index (κ2) is 15.2. The highest BCUT2D eigenvalue weighted by molar-refractivity contribution is 5.89. The van der Waals surface area contributed by atoms with Gasteiger partial charge < -0.3 is 30.0 Å². The van der Waals surface area contributed by atoms with Gasteiger partial charge in [0.2, 0.25) is 5.91 Å². The summed E-state index contributed by atoms with van der Waals surface area (Å²) >= 11 is 0. The van der Waals surface area contributed by atoms with E-state index in [1.807, 2.05) is 0 Å². The lowest BCUT2D eigenvalue weighted by Crippen LogP contribution is -2.52. The standard InChI is InChI=1S/C22H30N2O9/c1-3-31-18(25)12-10-16(24-22(30)33-14-15-8-6-5-7-9-15)20(27)23-17(21(28)29)11-13-19(26)32-4-2/h5-9,16-17H,3-4,10-14H2,1-2H3,(H,23,27)(H,24,30)(H,28,29)/t16-,17+/m0/s1.